The first kappa shape index (κ1) is 14.8. The lowest BCUT2D eigenvalue weighted by Gasteiger charge is -2.31. The number of nitrogens with zero attached hydrogens (tertiary/aromatic N) is 1. The zero-order valence-corrected chi connectivity index (χ0v) is 12.2. The molecule has 0 aliphatic heterocycles. The zero-order chi connectivity index (χ0) is 12.9. The van der Waals surface area contributed by atoms with Crippen LogP contribution in [0, 0.1) is 0 Å². The number of carbonyl (C=O) groups excluding carboxylic acids is 1. The van der Waals surface area contributed by atoms with Gasteiger partial charge < -0.3 is 10.6 Å². The molecule has 2 N–H and O–H groups in total. The van der Waals surface area contributed by atoms with Crippen molar-refractivity contribution in [1.29, 1.82) is 0 Å². The van der Waals surface area contributed by atoms with Gasteiger partial charge in [0.2, 0.25) is 5.91 Å². The van der Waals surface area contributed by atoms with Crippen LogP contribution in [0.1, 0.15) is 45.4 Å². The minimum atomic E-state index is -0.219. The largest absolute Gasteiger partial charge is 0.342 e. The van der Waals surface area contributed by atoms with Crippen molar-refractivity contribution < 1.29 is 4.79 Å². The molecule has 4 heteroatoms. The molecule has 0 saturated heterocycles. The van der Waals surface area contributed by atoms with Gasteiger partial charge in [-0.25, -0.2) is 0 Å². The Bertz CT molecular complexity index is 252. The molecule has 0 bridgehead atoms. The van der Waals surface area contributed by atoms with Crippen LogP contribution in [0.3, 0.4) is 0 Å². The Labute approximate surface area is 109 Å². The molecule has 1 fully saturated rings. The second-order valence-corrected chi connectivity index (χ2v) is 6.18. The Morgan fingerprint density at radius 3 is 2.53 bits per heavy atom. The minimum Gasteiger partial charge on any atom is -0.342 e. The molecule has 1 aliphatic carbocycles. The van der Waals surface area contributed by atoms with Crippen molar-refractivity contribution in [3.8, 4) is 0 Å². The molecule has 1 saturated carbocycles. The molecular weight excluding hydrogens is 232 g/mol. The second-order valence-electron chi connectivity index (χ2n) is 5.27. The summed E-state index contributed by atoms with van der Waals surface area (Å²) in [5, 5.41) is 0. The molecule has 1 unspecified atom stereocenters. The third-order valence-electron chi connectivity index (χ3n) is 3.87. The first-order valence-corrected chi connectivity index (χ1v) is 7.95. The molecule has 1 amide bonds. The molecule has 1 atom stereocenters. The molecule has 1 rings (SSSR count). The van der Waals surface area contributed by atoms with Crippen LogP contribution >= 0.6 is 11.8 Å². The minimum absolute atomic E-state index is 0.218. The van der Waals surface area contributed by atoms with Crippen molar-refractivity contribution in [1.82, 2.24) is 4.90 Å². The molecular formula is C13H26N2OS. The molecule has 3 nitrogen and oxygen atoms in total. The topological polar surface area (TPSA) is 46.3 Å². The first-order chi connectivity index (χ1) is 8.02. The van der Waals surface area contributed by atoms with Gasteiger partial charge in [-0.2, -0.15) is 11.8 Å². The smallest absolute Gasteiger partial charge is 0.224 e. The average Bonchev–Trinajstić information content (AvgIpc) is 2.71. The van der Waals surface area contributed by atoms with Crippen molar-refractivity contribution in [2.45, 2.75) is 57.0 Å². The lowest BCUT2D eigenvalue weighted by Crippen LogP contribution is -2.46. The summed E-state index contributed by atoms with van der Waals surface area (Å²) >= 11 is 1.80. The molecule has 1 aliphatic rings. The van der Waals surface area contributed by atoms with E-state index in [1.807, 2.05) is 11.9 Å². The fourth-order valence-electron chi connectivity index (χ4n) is 2.58. The van der Waals surface area contributed by atoms with Crippen molar-refractivity contribution in [2.24, 2.45) is 5.73 Å². The maximum Gasteiger partial charge on any atom is 0.224 e. The Hall–Kier alpha value is -0.220. The highest BCUT2D eigenvalue weighted by atomic mass is 32.2. The van der Waals surface area contributed by atoms with E-state index >= 15 is 0 Å². The van der Waals surface area contributed by atoms with Crippen LogP contribution in [-0.4, -0.2) is 41.4 Å². The highest BCUT2D eigenvalue weighted by molar-refractivity contribution is 7.98. The first-order valence-electron chi connectivity index (χ1n) is 6.56. The Balaban J connectivity index is 2.50. The van der Waals surface area contributed by atoms with Gasteiger partial charge in [0.25, 0.3) is 0 Å². The summed E-state index contributed by atoms with van der Waals surface area (Å²) in [4.78, 5) is 14.1. The fraction of sp³-hybridized carbons (Fsp3) is 0.923. The van der Waals surface area contributed by atoms with Crippen LogP contribution in [-0.2, 0) is 4.79 Å². The lowest BCUT2D eigenvalue weighted by atomic mass is 9.94. The van der Waals surface area contributed by atoms with Gasteiger partial charge in [-0.3, -0.25) is 4.79 Å². The maximum absolute atomic E-state index is 12.2. The van der Waals surface area contributed by atoms with Gasteiger partial charge in [0.05, 0.1) is 0 Å². The Kier molecular flexibility index (Phi) is 5.80. The standard InChI is InChI=1S/C13H26N2OS/c1-4-11(10-17-3)15(2)12(16)9-13(14)7-5-6-8-13/h11H,4-10,14H2,1-3H3. The molecule has 0 aromatic carbocycles. The predicted octanol–water partition coefficient (Wildman–Crippen LogP) is 2.25. The summed E-state index contributed by atoms with van der Waals surface area (Å²) in [6.07, 6.45) is 7.99. The van der Waals surface area contributed by atoms with E-state index in [0.717, 1.165) is 25.0 Å². The lowest BCUT2D eigenvalue weighted by molar-refractivity contribution is -0.132. The molecule has 17 heavy (non-hydrogen) atoms. The van der Waals surface area contributed by atoms with Crippen LogP contribution in [0.5, 0.6) is 0 Å². The molecule has 0 aromatic rings. The highest BCUT2D eigenvalue weighted by Crippen LogP contribution is 2.30. The highest BCUT2D eigenvalue weighted by Gasteiger charge is 2.33. The summed E-state index contributed by atoms with van der Waals surface area (Å²) in [7, 11) is 1.92. The maximum atomic E-state index is 12.2. The summed E-state index contributed by atoms with van der Waals surface area (Å²) < 4.78 is 0. The van der Waals surface area contributed by atoms with E-state index in [-0.39, 0.29) is 11.4 Å². The number of hydrogen-bond donors (Lipinski definition) is 1. The zero-order valence-electron chi connectivity index (χ0n) is 11.4. The van der Waals surface area contributed by atoms with Gasteiger partial charge in [-0.1, -0.05) is 19.8 Å². The number of rotatable bonds is 6. The van der Waals surface area contributed by atoms with Crippen molar-refractivity contribution >= 4 is 17.7 Å². The van der Waals surface area contributed by atoms with E-state index in [0.29, 0.717) is 12.5 Å². The Morgan fingerprint density at radius 2 is 2.06 bits per heavy atom. The van der Waals surface area contributed by atoms with Crippen molar-refractivity contribution in [3.63, 3.8) is 0 Å². The number of thioether (sulfide) groups is 1. The predicted molar refractivity (Wildman–Crippen MR) is 75.2 cm³/mol. The van der Waals surface area contributed by atoms with Crippen LogP contribution < -0.4 is 5.73 Å². The van der Waals surface area contributed by atoms with E-state index in [1.54, 1.807) is 11.8 Å². The SMILES string of the molecule is CCC(CSC)N(C)C(=O)CC1(N)CCCC1. The van der Waals surface area contributed by atoms with E-state index in [2.05, 4.69) is 13.2 Å². The molecule has 0 aromatic heterocycles. The molecule has 0 spiro atoms. The van der Waals surface area contributed by atoms with Gasteiger partial charge in [-0.05, 0) is 25.5 Å². The van der Waals surface area contributed by atoms with E-state index in [9.17, 15) is 4.79 Å². The summed E-state index contributed by atoms with van der Waals surface area (Å²) in [6, 6.07) is 0.350. The van der Waals surface area contributed by atoms with Crippen molar-refractivity contribution in [2.75, 3.05) is 19.1 Å². The van der Waals surface area contributed by atoms with Crippen LogP contribution in [0.25, 0.3) is 0 Å². The van der Waals surface area contributed by atoms with Crippen molar-refractivity contribution in [3.05, 3.63) is 0 Å². The summed E-state index contributed by atoms with van der Waals surface area (Å²) in [5.41, 5.74) is 6.04. The van der Waals surface area contributed by atoms with Crippen LogP contribution in [0.15, 0.2) is 0 Å². The Morgan fingerprint density at radius 1 is 1.47 bits per heavy atom. The van der Waals surface area contributed by atoms with E-state index < -0.39 is 0 Å². The normalized spacial score (nSPS) is 20.2. The van der Waals surface area contributed by atoms with Gasteiger partial charge >= 0.3 is 0 Å². The summed E-state index contributed by atoms with van der Waals surface area (Å²) in [5.74, 6) is 1.23. The second kappa shape index (κ2) is 6.64. The van der Waals surface area contributed by atoms with Gasteiger partial charge in [0, 0.05) is 30.8 Å². The van der Waals surface area contributed by atoms with Crippen LogP contribution in [0.2, 0.25) is 0 Å². The third-order valence-corrected chi connectivity index (χ3v) is 4.59. The monoisotopic (exact) mass is 258 g/mol. The molecule has 100 valence electrons. The van der Waals surface area contributed by atoms with Crippen LogP contribution in [0.4, 0.5) is 0 Å². The summed E-state index contributed by atoms with van der Waals surface area (Å²) in [6.45, 7) is 2.14. The molecule has 0 radical (unpaired) electrons. The number of nitrogens with two attached hydrogens (primary N) is 1. The van der Waals surface area contributed by atoms with E-state index in [4.69, 9.17) is 5.73 Å². The molecule has 0 heterocycles. The van der Waals surface area contributed by atoms with Gasteiger partial charge in [0.1, 0.15) is 0 Å². The van der Waals surface area contributed by atoms with E-state index in [1.165, 1.54) is 12.8 Å². The number of carbonyl (C=O) groups is 1. The third kappa shape index (κ3) is 4.18. The quantitative estimate of drug-likeness (QED) is 0.795. The average molecular weight is 258 g/mol. The number of hydrogen-bond acceptors (Lipinski definition) is 3. The van der Waals surface area contributed by atoms with Gasteiger partial charge in [0.15, 0.2) is 0 Å². The fourth-order valence-corrected chi connectivity index (χ4v) is 3.43. The van der Waals surface area contributed by atoms with Gasteiger partial charge in [-0.15, -0.1) is 0 Å². The number of amides is 1.